The molecule has 0 aliphatic rings. The van der Waals surface area contributed by atoms with Gasteiger partial charge in [-0.1, -0.05) is 140 Å². The average molecular weight is 588 g/mol. The Morgan fingerprint density at radius 1 is 0.370 bits per heavy atom. The van der Waals surface area contributed by atoms with Gasteiger partial charge in [0, 0.05) is 22.0 Å². The molecular formula is C44H29NO. The fraction of sp³-hybridized carbons (Fsp3) is 0. The standard InChI is InChI=1S/C44H29NO/c1-2-12-31(13-3-1)37-18-8-9-21-40(37)45(34-27-24-33(25-28-34)36-20-10-16-30-14-4-6-17-35(30)36)41-22-11-23-42-43(41)39-29-26-32-15-5-7-19-38(32)44(39)46-42/h1-29H. The molecule has 0 atom stereocenters. The maximum Gasteiger partial charge on any atom is 0.143 e. The highest BCUT2D eigenvalue weighted by molar-refractivity contribution is 6.19. The molecule has 0 saturated carbocycles. The first-order valence-corrected chi connectivity index (χ1v) is 15.7. The minimum Gasteiger partial charge on any atom is -0.455 e. The fourth-order valence-corrected chi connectivity index (χ4v) is 6.93. The van der Waals surface area contributed by atoms with Crippen molar-refractivity contribution in [1.29, 1.82) is 0 Å². The summed E-state index contributed by atoms with van der Waals surface area (Å²) in [5, 5.41) is 7.01. The van der Waals surface area contributed by atoms with Crippen LogP contribution in [0, 0.1) is 0 Å². The Morgan fingerprint density at radius 2 is 0.978 bits per heavy atom. The van der Waals surface area contributed by atoms with E-state index in [2.05, 4.69) is 181 Å². The summed E-state index contributed by atoms with van der Waals surface area (Å²) < 4.78 is 6.63. The van der Waals surface area contributed by atoms with Crippen LogP contribution in [0.3, 0.4) is 0 Å². The SMILES string of the molecule is c1ccc(-c2ccccc2N(c2ccc(-c3cccc4ccccc34)cc2)c2cccc3oc4c5ccccc5ccc4c23)cc1. The molecular weight excluding hydrogens is 558 g/mol. The molecule has 0 aliphatic heterocycles. The molecule has 0 amide bonds. The second-order valence-electron chi connectivity index (χ2n) is 11.7. The lowest BCUT2D eigenvalue weighted by atomic mass is 9.97. The van der Waals surface area contributed by atoms with Crippen LogP contribution in [-0.2, 0) is 0 Å². The molecule has 2 nitrogen and oxygen atoms in total. The van der Waals surface area contributed by atoms with Crippen molar-refractivity contribution in [2.24, 2.45) is 0 Å². The van der Waals surface area contributed by atoms with E-state index in [1.165, 1.54) is 32.8 Å². The topological polar surface area (TPSA) is 16.4 Å². The lowest BCUT2D eigenvalue weighted by Gasteiger charge is -2.28. The smallest absolute Gasteiger partial charge is 0.143 e. The molecule has 216 valence electrons. The van der Waals surface area contributed by atoms with Crippen molar-refractivity contribution in [3.63, 3.8) is 0 Å². The van der Waals surface area contributed by atoms with Crippen LogP contribution in [0.15, 0.2) is 180 Å². The van der Waals surface area contributed by atoms with Gasteiger partial charge in [-0.3, -0.25) is 0 Å². The van der Waals surface area contributed by atoms with E-state index in [0.717, 1.165) is 50.0 Å². The molecule has 0 aliphatic carbocycles. The van der Waals surface area contributed by atoms with E-state index in [-0.39, 0.29) is 0 Å². The van der Waals surface area contributed by atoms with Crippen LogP contribution in [0.1, 0.15) is 0 Å². The Hall–Kier alpha value is -6.12. The van der Waals surface area contributed by atoms with Crippen molar-refractivity contribution >= 4 is 60.5 Å². The Morgan fingerprint density at radius 3 is 1.83 bits per heavy atom. The van der Waals surface area contributed by atoms with Gasteiger partial charge in [-0.15, -0.1) is 0 Å². The normalized spacial score (nSPS) is 11.5. The lowest BCUT2D eigenvalue weighted by molar-refractivity contribution is 0.672. The number of nitrogens with zero attached hydrogens (tertiary/aromatic N) is 1. The van der Waals surface area contributed by atoms with Crippen LogP contribution >= 0.6 is 0 Å². The highest BCUT2D eigenvalue weighted by atomic mass is 16.3. The molecule has 1 heterocycles. The maximum absolute atomic E-state index is 6.63. The van der Waals surface area contributed by atoms with E-state index in [9.17, 15) is 0 Å². The molecule has 8 aromatic carbocycles. The van der Waals surface area contributed by atoms with Crippen LogP contribution in [0.25, 0.3) is 65.7 Å². The van der Waals surface area contributed by atoms with Crippen molar-refractivity contribution in [3.8, 4) is 22.3 Å². The summed E-state index contributed by atoms with van der Waals surface area (Å²) in [5.74, 6) is 0. The van der Waals surface area contributed by atoms with E-state index >= 15 is 0 Å². The van der Waals surface area contributed by atoms with Gasteiger partial charge in [-0.25, -0.2) is 0 Å². The third kappa shape index (κ3) is 4.27. The second kappa shape index (κ2) is 10.8. The van der Waals surface area contributed by atoms with E-state index in [1.807, 2.05) is 0 Å². The summed E-state index contributed by atoms with van der Waals surface area (Å²) in [7, 11) is 0. The second-order valence-corrected chi connectivity index (χ2v) is 11.7. The van der Waals surface area contributed by atoms with Gasteiger partial charge in [-0.2, -0.15) is 0 Å². The van der Waals surface area contributed by atoms with E-state index in [1.54, 1.807) is 0 Å². The van der Waals surface area contributed by atoms with E-state index in [0.29, 0.717) is 0 Å². The van der Waals surface area contributed by atoms with Crippen LogP contribution in [0.2, 0.25) is 0 Å². The molecule has 9 aromatic rings. The first-order chi connectivity index (χ1) is 22.8. The zero-order valence-electron chi connectivity index (χ0n) is 25.1. The summed E-state index contributed by atoms with van der Waals surface area (Å²) in [4.78, 5) is 2.39. The van der Waals surface area contributed by atoms with Gasteiger partial charge in [-0.05, 0) is 69.2 Å². The number of rotatable bonds is 5. The number of benzene rings is 8. The summed E-state index contributed by atoms with van der Waals surface area (Å²) in [6, 6.07) is 62.7. The Balaban J connectivity index is 1.29. The monoisotopic (exact) mass is 587 g/mol. The van der Waals surface area contributed by atoms with Crippen molar-refractivity contribution in [2.75, 3.05) is 4.90 Å². The summed E-state index contributed by atoms with van der Waals surface area (Å²) in [5.41, 5.74) is 9.81. The number of fused-ring (bicyclic) bond motifs is 6. The van der Waals surface area contributed by atoms with Gasteiger partial charge in [0.25, 0.3) is 0 Å². The Labute approximate surface area is 267 Å². The molecule has 0 spiro atoms. The van der Waals surface area contributed by atoms with Gasteiger partial charge in [0.1, 0.15) is 11.2 Å². The van der Waals surface area contributed by atoms with Crippen LogP contribution < -0.4 is 4.90 Å². The van der Waals surface area contributed by atoms with Gasteiger partial charge in [0.2, 0.25) is 0 Å². The van der Waals surface area contributed by atoms with E-state index in [4.69, 9.17) is 4.42 Å². The number of furan rings is 1. The largest absolute Gasteiger partial charge is 0.455 e. The highest BCUT2D eigenvalue weighted by Crippen LogP contribution is 2.47. The zero-order valence-corrected chi connectivity index (χ0v) is 25.1. The molecule has 0 radical (unpaired) electrons. The number of hydrogen-bond donors (Lipinski definition) is 0. The third-order valence-electron chi connectivity index (χ3n) is 9.06. The van der Waals surface area contributed by atoms with Gasteiger partial charge in [0.15, 0.2) is 0 Å². The van der Waals surface area contributed by atoms with Gasteiger partial charge >= 0.3 is 0 Å². The maximum atomic E-state index is 6.63. The molecule has 2 heteroatoms. The van der Waals surface area contributed by atoms with E-state index < -0.39 is 0 Å². The molecule has 0 unspecified atom stereocenters. The predicted octanol–water partition coefficient (Wildman–Crippen LogP) is 12.7. The molecule has 1 aromatic heterocycles. The predicted molar refractivity (Wildman–Crippen MR) is 194 cm³/mol. The first kappa shape index (κ1) is 26.3. The molecule has 0 fully saturated rings. The Bertz CT molecular complexity index is 2520. The minimum absolute atomic E-state index is 0.874. The van der Waals surface area contributed by atoms with Gasteiger partial charge in [0.05, 0.1) is 16.8 Å². The van der Waals surface area contributed by atoms with Gasteiger partial charge < -0.3 is 9.32 Å². The van der Waals surface area contributed by atoms with Crippen molar-refractivity contribution < 1.29 is 4.42 Å². The highest BCUT2D eigenvalue weighted by Gasteiger charge is 2.22. The minimum atomic E-state index is 0.874. The number of hydrogen-bond acceptors (Lipinski definition) is 2. The Kier molecular flexibility index (Phi) is 6.17. The zero-order chi connectivity index (χ0) is 30.5. The number of anilines is 3. The lowest BCUT2D eigenvalue weighted by Crippen LogP contribution is -2.11. The summed E-state index contributed by atoms with van der Waals surface area (Å²) in [6.45, 7) is 0. The summed E-state index contributed by atoms with van der Waals surface area (Å²) >= 11 is 0. The average Bonchev–Trinajstić information content (AvgIpc) is 3.53. The molecule has 9 rings (SSSR count). The number of para-hydroxylation sites is 1. The summed E-state index contributed by atoms with van der Waals surface area (Å²) in [6.07, 6.45) is 0. The third-order valence-corrected chi connectivity index (χ3v) is 9.06. The quantitative estimate of drug-likeness (QED) is 0.199. The molecule has 46 heavy (non-hydrogen) atoms. The first-order valence-electron chi connectivity index (χ1n) is 15.7. The van der Waals surface area contributed by atoms with Crippen LogP contribution in [0.4, 0.5) is 17.1 Å². The van der Waals surface area contributed by atoms with Crippen molar-refractivity contribution in [3.05, 3.63) is 176 Å². The van der Waals surface area contributed by atoms with Crippen molar-refractivity contribution in [2.45, 2.75) is 0 Å². The van der Waals surface area contributed by atoms with Crippen molar-refractivity contribution in [1.82, 2.24) is 0 Å². The van der Waals surface area contributed by atoms with Crippen LogP contribution in [0.5, 0.6) is 0 Å². The fourth-order valence-electron chi connectivity index (χ4n) is 6.93. The molecule has 0 saturated heterocycles. The molecule has 0 N–H and O–H groups in total. The molecule has 0 bridgehead atoms. The van der Waals surface area contributed by atoms with Crippen LogP contribution in [-0.4, -0.2) is 0 Å².